The average Bonchev–Trinajstić information content (AvgIpc) is 3.27. The molecule has 1 aromatic carbocycles. The van der Waals surface area contributed by atoms with Gasteiger partial charge in [-0.1, -0.05) is 6.92 Å². The third kappa shape index (κ3) is 3.68. The van der Waals surface area contributed by atoms with Crippen molar-refractivity contribution in [2.24, 2.45) is 0 Å². The highest BCUT2D eigenvalue weighted by Gasteiger charge is 2.22. The Balaban J connectivity index is 2.18. The van der Waals surface area contributed by atoms with Crippen LogP contribution in [0, 0.1) is 21.4 Å². The first-order valence-electron chi connectivity index (χ1n) is 6.71. The molecule has 1 aliphatic carbocycles. The number of nitro benzene ring substituents is 1. The lowest BCUT2D eigenvalue weighted by molar-refractivity contribution is -0.384. The number of nitrogens with zero attached hydrogens (tertiary/aromatic N) is 2. The third-order valence-electron chi connectivity index (χ3n) is 3.20. The van der Waals surface area contributed by atoms with Crippen molar-refractivity contribution in [2.45, 2.75) is 44.9 Å². The maximum atomic E-state index is 10.8. The molecule has 1 fully saturated rings. The first kappa shape index (κ1) is 14.3. The van der Waals surface area contributed by atoms with Crippen molar-refractivity contribution in [1.82, 2.24) is 5.32 Å². The van der Waals surface area contributed by atoms with E-state index in [2.05, 4.69) is 11.4 Å². The quantitative estimate of drug-likeness (QED) is 0.610. The number of nitro groups is 1. The molecule has 0 saturated heterocycles. The van der Waals surface area contributed by atoms with E-state index < -0.39 is 11.0 Å². The number of nitrogens with one attached hydrogen (secondary N) is 1. The van der Waals surface area contributed by atoms with Crippen molar-refractivity contribution in [1.29, 1.82) is 5.26 Å². The fourth-order valence-electron chi connectivity index (χ4n) is 1.83. The predicted octanol–water partition coefficient (Wildman–Crippen LogP) is 2.53. The maximum Gasteiger partial charge on any atom is 0.270 e. The first-order valence-corrected chi connectivity index (χ1v) is 6.71. The number of rotatable bonds is 7. The predicted molar refractivity (Wildman–Crippen MR) is 73.3 cm³/mol. The molecule has 1 atom stereocenters. The minimum absolute atomic E-state index is 0.0370. The van der Waals surface area contributed by atoms with Crippen LogP contribution in [0.5, 0.6) is 5.75 Å². The molecular formula is C14H17N3O3. The van der Waals surface area contributed by atoms with Crippen molar-refractivity contribution in [2.75, 3.05) is 0 Å². The SMILES string of the molecule is CCC(C#N)Oc1ccc([N+](=O)[O-])cc1CNC1CC1. The second-order valence-electron chi connectivity index (χ2n) is 4.85. The van der Waals surface area contributed by atoms with E-state index in [1.54, 1.807) is 6.07 Å². The van der Waals surface area contributed by atoms with Gasteiger partial charge in [-0.3, -0.25) is 10.1 Å². The van der Waals surface area contributed by atoms with Crippen LogP contribution in [-0.4, -0.2) is 17.1 Å². The molecule has 0 aromatic heterocycles. The number of hydrogen-bond donors (Lipinski definition) is 1. The van der Waals surface area contributed by atoms with Gasteiger partial charge in [-0.25, -0.2) is 0 Å². The van der Waals surface area contributed by atoms with Crippen LogP contribution in [0.25, 0.3) is 0 Å². The second kappa shape index (κ2) is 6.35. The molecule has 20 heavy (non-hydrogen) atoms. The molecule has 1 N–H and O–H groups in total. The molecule has 1 aliphatic rings. The van der Waals surface area contributed by atoms with Crippen molar-refractivity contribution < 1.29 is 9.66 Å². The summed E-state index contributed by atoms with van der Waals surface area (Å²) < 4.78 is 5.61. The molecular weight excluding hydrogens is 258 g/mol. The smallest absolute Gasteiger partial charge is 0.270 e. The highest BCUT2D eigenvalue weighted by Crippen LogP contribution is 2.27. The van der Waals surface area contributed by atoms with Crippen LogP contribution in [0.1, 0.15) is 31.7 Å². The highest BCUT2D eigenvalue weighted by atomic mass is 16.6. The molecule has 2 rings (SSSR count). The Morgan fingerprint density at radius 2 is 2.35 bits per heavy atom. The molecule has 0 amide bonds. The van der Waals surface area contributed by atoms with E-state index in [4.69, 9.17) is 10.00 Å². The molecule has 6 nitrogen and oxygen atoms in total. The summed E-state index contributed by atoms with van der Waals surface area (Å²) in [5, 5.41) is 23.1. The molecule has 1 aromatic rings. The van der Waals surface area contributed by atoms with Crippen molar-refractivity contribution in [3.63, 3.8) is 0 Å². The summed E-state index contributed by atoms with van der Waals surface area (Å²) in [6.45, 7) is 2.38. The zero-order valence-corrected chi connectivity index (χ0v) is 11.3. The molecule has 0 radical (unpaired) electrons. The Kier molecular flexibility index (Phi) is 4.53. The lowest BCUT2D eigenvalue weighted by Gasteiger charge is -2.14. The van der Waals surface area contributed by atoms with E-state index in [1.165, 1.54) is 12.1 Å². The molecule has 1 saturated carbocycles. The van der Waals surface area contributed by atoms with Gasteiger partial charge in [-0.05, 0) is 25.3 Å². The van der Waals surface area contributed by atoms with Gasteiger partial charge < -0.3 is 10.1 Å². The Morgan fingerprint density at radius 1 is 1.60 bits per heavy atom. The molecule has 1 unspecified atom stereocenters. The third-order valence-corrected chi connectivity index (χ3v) is 3.20. The molecule has 0 spiro atoms. The van der Waals surface area contributed by atoms with E-state index >= 15 is 0 Å². The Morgan fingerprint density at radius 3 is 2.90 bits per heavy atom. The van der Waals surface area contributed by atoms with Gasteiger partial charge in [-0.15, -0.1) is 0 Å². The zero-order chi connectivity index (χ0) is 14.5. The van der Waals surface area contributed by atoms with Crippen LogP contribution >= 0.6 is 0 Å². The minimum Gasteiger partial charge on any atom is -0.475 e. The van der Waals surface area contributed by atoms with Crippen molar-refractivity contribution in [3.05, 3.63) is 33.9 Å². The highest BCUT2D eigenvalue weighted by molar-refractivity contribution is 5.44. The van der Waals surface area contributed by atoms with Gasteiger partial charge >= 0.3 is 0 Å². The summed E-state index contributed by atoms with van der Waals surface area (Å²) >= 11 is 0. The Bertz CT molecular complexity index is 535. The van der Waals surface area contributed by atoms with Gasteiger partial charge in [0.15, 0.2) is 6.10 Å². The van der Waals surface area contributed by atoms with Gasteiger partial charge in [0, 0.05) is 30.3 Å². The van der Waals surface area contributed by atoms with E-state index in [9.17, 15) is 10.1 Å². The fourth-order valence-corrected chi connectivity index (χ4v) is 1.83. The number of hydrogen-bond acceptors (Lipinski definition) is 5. The Hall–Kier alpha value is -2.13. The fraction of sp³-hybridized carbons (Fsp3) is 0.500. The summed E-state index contributed by atoms with van der Waals surface area (Å²) in [5.41, 5.74) is 0.759. The monoisotopic (exact) mass is 275 g/mol. The van der Waals surface area contributed by atoms with Gasteiger partial charge in [0.05, 0.1) is 4.92 Å². The van der Waals surface area contributed by atoms with Crippen LogP contribution in [0.15, 0.2) is 18.2 Å². The first-order chi connectivity index (χ1) is 9.63. The van der Waals surface area contributed by atoms with Gasteiger partial charge in [0.25, 0.3) is 5.69 Å². The summed E-state index contributed by atoms with van der Waals surface area (Å²) in [6, 6.07) is 7.05. The van der Waals surface area contributed by atoms with E-state index in [0.717, 1.165) is 18.4 Å². The zero-order valence-electron chi connectivity index (χ0n) is 11.3. The van der Waals surface area contributed by atoms with Crippen molar-refractivity contribution in [3.8, 4) is 11.8 Å². The maximum absolute atomic E-state index is 10.8. The summed E-state index contributed by atoms with van der Waals surface area (Å²) in [4.78, 5) is 10.4. The standard InChI is InChI=1S/C14H17N3O3/c1-2-13(8-15)20-14-6-5-12(17(18)19)7-10(14)9-16-11-3-4-11/h5-7,11,13,16H,2-4,9H2,1H3. The number of ether oxygens (including phenoxy) is 1. The van der Waals surface area contributed by atoms with Crippen LogP contribution in [-0.2, 0) is 6.54 Å². The topological polar surface area (TPSA) is 88.2 Å². The van der Waals surface area contributed by atoms with Crippen LogP contribution in [0.2, 0.25) is 0 Å². The molecule has 0 bridgehead atoms. The molecule has 0 aliphatic heterocycles. The normalized spacial score (nSPS) is 15.4. The second-order valence-corrected chi connectivity index (χ2v) is 4.85. The number of nitriles is 1. The Labute approximate surface area is 117 Å². The summed E-state index contributed by atoms with van der Waals surface area (Å²) in [7, 11) is 0. The van der Waals surface area contributed by atoms with Crippen LogP contribution in [0.3, 0.4) is 0 Å². The van der Waals surface area contributed by atoms with E-state index in [0.29, 0.717) is 24.8 Å². The largest absolute Gasteiger partial charge is 0.475 e. The van der Waals surface area contributed by atoms with Crippen LogP contribution in [0.4, 0.5) is 5.69 Å². The average molecular weight is 275 g/mol. The molecule has 6 heteroatoms. The van der Waals surface area contributed by atoms with Crippen molar-refractivity contribution >= 4 is 5.69 Å². The van der Waals surface area contributed by atoms with Crippen LogP contribution < -0.4 is 10.1 Å². The number of non-ortho nitro benzene ring substituents is 1. The molecule has 106 valence electrons. The lowest BCUT2D eigenvalue weighted by Crippen LogP contribution is -2.18. The number of benzene rings is 1. The van der Waals surface area contributed by atoms with Gasteiger partial charge in [-0.2, -0.15) is 5.26 Å². The van der Waals surface area contributed by atoms with Gasteiger partial charge in [0.2, 0.25) is 0 Å². The minimum atomic E-state index is -0.531. The lowest BCUT2D eigenvalue weighted by atomic mass is 10.1. The summed E-state index contributed by atoms with van der Waals surface area (Å²) in [5.74, 6) is 0.539. The van der Waals surface area contributed by atoms with Gasteiger partial charge in [0.1, 0.15) is 11.8 Å². The van der Waals surface area contributed by atoms with E-state index in [-0.39, 0.29) is 5.69 Å². The molecule has 0 heterocycles. The van der Waals surface area contributed by atoms with E-state index in [1.807, 2.05) is 6.92 Å². The summed E-state index contributed by atoms with van der Waals surface area (Å²) in [6.07, 6.45) is 2.32.